The molecule has 1 saturated heterocycles. The summed E-state index contributed by atoms with van der Waals surface area (Å²) in [6, 6.07) is 0.247. The van der Waals surface area contributed by atoms with Gasteiger partial charge < -0.3 is 4.81 Å². The monoisotopic (exact) mass is 163 g/mol. The molecule has 0 N–H and O–H groups in total. The van der Waals surface area contributed by atoms with Crippen molar-refractivity contribution < 1.29 is 4.79 Å². The molecule has 1 aliphatic heterocycles. The van der Waals surface area contributed by atoms with Gasteiger partial charge in [-0.2, -0.15) is 0 Å². The molecule has 2 rings (SSSR count). The van der Waals surface area contributed by atoms with Crippen LogP contribution in [0.1, 0.15) is 32.6 Å². The Hall–Kier alpha value is -0.465. The van der Waals surface area contributed by atoms with Gasteiger partial charge in [0.2, 0.25) is 13.9 Å². The number of piperidine rings is 1. The maximum Gasteiger partial charge on any atom is 0.230 e. The third-order valence-corrected chi connectivity index (χ3v) is 3.35. The molecular weight excluding hydrogens is 149 g/mol. The van der Waals surface area contributed by atoms with Crippen LogP contribution in [0.4, 0.5) is 0 Å². The van der Waals surface area contributed by atoms with Crippen molar-refractivity contribution in [3.63, 3.8) is 0 Å². The minimum atomic E-state index is 0.177. The van der Waals surface area contributed by atoms with E-state index in [9.17, 15) is 4.79 Å². The second-order valence-corrected chi connectivity index (χ2v) is 4.13. The van der Waals surface area contributed by atoms with Gasteiger partial charge >= 0.3 is 0 Å². The molecule has 1 heterocycles. The minimum absolute atomic E-state index is 0.177. The maximum absolute atomic E-state index is 11.6. The first kappa shape index (κ1) is 8.15. The van der Waals surface area contributed by atoms with Crippen LogP contribution in [0, 0.1) is 11.8 Å². The Morgan fingerprint density at radius 3 is 3.00 bits per heavy atom. The molecule has 0 spiro atoms. The van der Waals surface area contributed by atoms with Crippen LogP contribution in [0.5, 0.6) is 0 Å². The van der Waals surface area contributed by atoms with Gasteiger partial charge in [-0.3, -0.25) is 4.79 Å². The summed E-state index contributed by atoms with van der Waals surface area (Å²) in [5.41, 5.74) is 0. The SMILES string of the molecule is [B]N1C(=O)C2CCCC2CC1C. The molecule has 1 aliphatic carbocycles. The highest BCUT2D eigenvalue weighted by Gasteiger charge is 2.40. The summed E-state index contributed by atoms with van der Waals surface area (Å²) in [6.07, 6.45) is 4.60. The quantitative estimate of drug-likeness (QED) is 0.489. The zero-order valence-corrected chi connectivity index (χ0v) is 7.49. The predicted octanol–water partition coefficient (Wildman–Crippen LogP) is 1.11. The van der Waals surface area contributed by atoms with E-state index in [1.165, 1.54) is 17.7 Å². The van der Waals surface area contributed by atoms with Crippen LogP contribution in [0.15, 0.2) is 0 Å². The minimum Gasteiger partial charge on any atom is -0.394 e. The second kappa shape index (κ2) is 2.79. The summed E-state index contributed by atoms with van der Waals surface area (Å²) < 4.78 is 0. The molecule has 64 valence electrons. The summed E-state index contributed by atoms with van der Waals surface area (Å²) in [5, 5.41) is 0. The number of hydrogen-bond acceptors (Lipinski definition) is 1. The van der Waals surface area contributed by atoms with Crippen LogP contribution in [0.3, 0.4) is 0 Å². The number of carbonyl (C=O) groups is 1. The van der Waals surface area contributed by atoms with Gasteiger partial charge in [-0.15, -0.1) is 0 Å². The molecule has 0 aromatic carbocycles. The lowest BCUT2D eigenvalue weighted by Crippen LogP contribution is -2.47. The summed E-state index contributed by atoms with van der Waals surface area (Å²) in [4.78, 5) is 13.1. The highest BCUT2D eigenvalue weighted by molar-refractivity contribution is 6.15. The lowest BCUT2D eigenvalue weighted by atomic mass is 9.82. The lowest BCUT2D eigenvalue weighted by Gasteiger charge is -2.38. The summed E-state index contributed by atoms with van der Waals surface area (Å²) in [5.74, 6) is 1.06. The first-order chi connectivity index (χ1) is 5.70. The Kier molecular flexibility index (Phi) is 1.89. The average molecular weight is 163 g/mol. The fourth-order valence-corrected chi connectivity index (χ4v) is 2.60. The molecule has 0 aromatic heterocycles. The van der Waals surface area contributed by atoms with E-state index in [4.69, 9.17) is 7.98 Å². The Bertz CT molecular complexity index is 207. The standard InChI is InChI=1S/C9H14BNO/c1-6-5-7-3-2-4-8(7)9(12)11(6)10/h6-8H,2-5H2,1H3. The lowest BCUT2D eigenvalue weighted by molar-refractivity contribution is -0.136. The van der Waals surface area contributed by atoms with E-state index in [0.29, 0.717) is 5.92 Å². The largest absolute Gasteiger partial charge is 0.394 e. The molecule has 3 atom stereocenters. The van der Waals surface area contributed by atoms with Crippen LogP contribution in [-0.4, -0.2) is 24.7 Å². The third kappa shape index (κ3) is 1.07. The van der Waals surface area contributed by atoms with Crippen LogP contribution in [-0.2, 0) is 4.79 Å². The maximum atomic E-state index is 11.6. The molecule has 0 aromatic rings. The van der Waals surface area contributed by atoms with Crippen LogP contribution in [0.25, 0.3) is 0 Å². The van der Waals surface area contributed by atoms with Crippen molar-refractivity contribution in [3.8, 4) is 0 Å². The second-order valence-electron chi connectivity index (χ2n) is 4.13. The molecule has 3 heteroatoms. The molecule has 2 radical (unpaired) electrons. The molecule has 2 fully saturated rings. The van der Waals surface area contributed by atoms with Gasteiger partial charge in [0, 0.05) is 12.0 Å². The Morgan fingerprint density at radius 1 is 1.50 bits per heavy atom. The summed E-state index contributed by atoms with van der Waals surface area (Å²) in [6.45, 7) is 2.03. The molecular formula is C9H14BNO. The number of fused-ring (bicyclic) bond motifs is 1. The molecule has 3 unspecified atom stereocenters. The van der Waals surface area contributed by atoms with E-state index < -0.39 is 0 Å². The van der Waals surface area contributed by atoms with Crippen molar-refractivity contribution in [1.29, 1.82) is 0 Å². The van der Waals surface area contributed by atoms with Crippen molar-refractivity contribution in [1.82, 2.24) is 4.81 Å². The van der Waals surface area contributed by atoms with Crippen molar-refractivity contribution in [2.75, 3.05) is 0 Å². The summed E-state index contributed by atoms with van der Waals surface area (Å²) >= 11 is 0. The van der Waals surface area contributed by atoms with Gasteiger partial charge in [0.15, 0.2) is 0 Å². The van der Waals surface area contributed by atoms with Gasteiger partial charge in [0.1, 0.15) is 0 Å². The third-order valence-electron chi connectivity index (χ3n) is 3.35. The van der Waals surface area contributed by atoms with Crippen molar-refractivity contribution in [2.45, 2.75) is 38.6 Å². The van der Waals surface area contributed by atoms with E-state index in [-0.39, 0.29) is 17.9 Å². The Labute approximate surface area is 74.7 Å². The van der Waals surface area contributed by atoms with Crippen LogP contribution < -0.4 is 0 Å². The van der Waals surface area contributed by atoms with Gasteiger partial charge in [-0.25, -0.2) is 0 Å². The molecule has 1 saturated carbocycles. The van der Waals surface area contributed by atoms with E-state index >= 15 is 0 Å². The van der Waals surface area contributed by atoms with Crippen molar-refractivity contribution in [3.05, 3.63) is 0 Å². The van der Waals surface area contributed by atoms with E-state index in [1.807, 2.05) is 6.92 Å². The molecule has 0 bridgehead atoms. The molecule has 2 nitrogen and oxygen atoms in total. The smallest absolute Gasteiger partial charge is 0.230 e. The van der Waals surface area contributed by atoms with Crippen LogP contribution in [0.2, 0.25) is 0 Å². The Balaban J connectivity index is 2.16. The fourth-order valence-electron chi connectivity index (χ4n) is 2.60. The highest BCUT2D eigenvalue weighted by atomic mass is 16.2. The molecule has 1 amide bonds. The van der Waals surface area contributed by atoms with Gasteiger partial charge in [0.05, 0.1) is 0 Å². The topological polar surface area (TPSA) is 20.3 Å². The van der Waals surface area contributed by atoms with E-state index in [1.54, 1.807) is 0 Å². The first-order valence-electron chi connectivity index (χ1n) is 4.78. The van der Waals surface area contributed by atoms with Gasteiger partial charge in [-0.05, 0) is 32.1 Å². The zero-order valence-electron chi connectivity index (χ0n) is 7.49. The average Bonchev–Trinajstić information content (AvgIpc) is 2.48. The highest BCUT2D eigenvalue weighted by Crippen LogP contribution is 2.39. The van der Waals surface area contributed by atoms with E-state index in [0.717, 1.165) is 12.8 Å². The number of amides is 1. The number of rotatable bonds is 0. The summed E-state index contributed by atoms with van der Waals surface area (Å²) in [7, 11) is 5.66. The fraction of sp³-hybridized carbons (Fsp3) is 0.889. The van der Waals surface area contributed by atoms with Crippen molar-refractivity contribution in [2.24, 2.45) is 11.8 Å². The predicted molar refractivity (Wildman–Crippen MR) is 47.5 cm³/mol. The normalized spacial score (nSPS) is 41.6. The van der Waals surface area contributed by atoms with E-state index in [2.05, 4.69) is 0 Å². The molecule has 12 heavy (non-hydrogen) atoms. The number of nitrogens with zero attached hydrogens (tertiary/aromatic N) is 1. The zero-order chi connectivity index (χ0) is 8.72. The number of hydrogen-bond donors (Lipinski definition) is 0. The number of carbonyl (C=O) groups excluding carboxylic acids is 1. The van der Waals surface area contributed by atoms with Crippen LogP contribution >= 0.6 is 0 Å². The molecule has 2 aliphatic rings. The van der Waals surface area contributed by atoms with Crippen molar-refractivity contribution >= 4 is 13.9 Å². The first-order valence-corrected chi connectivity index (χ1v) is 4.78. The van der Waals surface area contributed by atoms with Gasteiger partial charge in [0.25, 0.3) is 0 Å². The van der Waals surface area contributed by atoms with Gasteiger partial charge in [-0.1, -0.05) is 6.42 Å². The Morgan fingerprint density at radius 2 is 2.25 bits per heavy atom.